The van der Waals surface area contributed by atoms with Gasteiger partial charge in [0.2, 0.25) is 5.43 Å². The fourth-order valence-electron chi connectivity index (χ4n) is 3.32. The highest BCUT2D eigenvalue weighted by Crippen LogP contribution is 2.26. The number of aromatic nitrogens is 1. The number of hydrogen-bond acceptors (Lipinski definition) is 3. The van der Waals surface area contributed by atoms with Crippen LogP contribution in [0.15, 0.2) is 51.9 Å². The van der Waals surface area contributed by atoms with Crippen molar-refractivity contribution in [2.24, 2.45) is 0 Å². The Kier molecular flexibility index (Phi) is 5.84. The van der Waals surface area contributed by atoms with Crippen LogP contribution in [0, 0.1) is 5.82 Å². The maximum absolute atomic E-state index is 14.7. The minimum absolute atomic E-state index is 0.0586. The summed E-state index contributed by atoms with van der Waals surface area (Å²) in [4.78, 5) is 26.0. The number of aromatic carboxylic acids is 1. The van der Waals surface area contributed by atoms with Crippen LogP contribution in [-0.2, 0) is 6.54 Å². The zero-order chi connectivity index (χ0) is 20.4. The molecule has 2 aromatic carbocycles. The summed E-state index contributed by atoms with van der Waals surface area (Å²) in [5.41, 5.74) is 0.751. The molecular weight excluding hydrogens is 427 g/mol. The number of fused-ring (bicyclic) bond motifs is 1. The Balaban J connectivity index is 2.29. The highest BCUT2D eigenvalue weighted by atomic mass is 79.9. The van der Waals surface area contributed by atoms with Gasteiger partial charge in [-0.05, 0) is 43.7 Å². The summed E-state index contributed by atoms with van der Waals surface area (Å²) in [6, 6.07) is 10.4. The van der Waals surface area contributed by atoms with E-state index in [1.165, 1.54) is 6.20 Å². The Morgan fingerprint density at radius 2 is 1.93 bits per heavy atom. The number of rotatable bonds is 6. The van der Waals surface area contributed by atoms with E-state index in [0.29, 0.717) is 30.8 Å². The van der Waals surface area contributed by atoms with Crippen LogP contribution in [-0.4, -0.2) is 28.7 Å². The molecule has 0 saturated carbocycles. The third-order valence-corrected chi connectivity index (χ3v) is 5.22. The van der Waals surface area contributed by atoms with Crippen LogP contribution in [0.2, 0.25) is 0 Å². The highest BCUT2D eigenvalue weighted by Gasteiger charge is 2.18. The molecule has 1 heterocycles. The Hall–Kier alpha value is -2.67. The van der Waals surface area contributed by atoms with E-state index in [0.717, 1.165) is 16.1 Å². The monoisotopic (exact) mass is 446 g/mol. The molecule has 0 unspecified atom stereocenters. The lowest BCUT2D eigenvalue weighted by Crippen LogP contribution is -2.24. The van der Waals surface area contributed by atoms with Gasteiger partial charge in [-0.25, -0.2) is 9.18 Å². The second-order valence-electron chi connectivity index (χ2n) is 6.43. The third-order valence-electron chi connectivity index (χ3n) is 4.73. The van der Waals surface area contributed by atoms with E-state index in [2.05, 4.69) is 15.9 Å². The summed E-state index contributed by atoms with van der Waals surface area (Å²) in [5, 5.41) is 9.48. The number of anilines is 1. The molecule has 0 fully saturated rings. The molecule has 5 nitrogen and oxygen atoms in total. The second-order valence-corrected chi connectivity index (χ2v) is 7.34. The highest BCUT2D eigenvalue weighted by molar-refractivity contribution is 9.10. The van der Waals surface area contributed by atoms with Gasteiger partial charge in [-0.15, -0.1) is 0 Å². The van der Waals surface area contributed by atoms with Crippen molar-refractivity contribution in [3.05, 3.63) is 74.2 Å². The number of hydrogen-bond donors (Lipinski definition) is 1. The van der Waals surface area contributed by atoms with Gasteiger partial charge in [-0.3, -0.25) is 4.79 Å². The fraction of sp³-hybridized carbons (Fsp3) is 0.238. The number of benzene rings is 2. The van der Waals surface area contributed by atoms with E-state index < -0.39 is 17.2 Å². The molecule has 1 aromatic heterocycles. The number of carboxylic acid groups (broad SMARTS) is 1. The topological polar surface area (TPSA) is 62.5 Å². The first-order chi connectivity index (χ1) is 13.3. The predicted octanol–water partition coefficient (Wildman–Crippen LogP) is 4.50. The quantitative estimate of drug-likeness (QED) is 0.605. The molecule has 3 rings (SSSR count). The van der Waals surface area contributed by atoms with Crippen LogP contribution in [0.1, 0.15) is 29.8 Å². The molecule has 0 aliphatic rings. The van der Waals surface area contributed by atoms with Crippen LogP contribution < -0.4 is 10.3 Å². The van der Waals surface area contributed by atoms with Crippen molar-refractivity contribution in [1.29, 1.82) is 0 Å². The molecule has 7 heteroatoms. The molecule has 3 aromatic rings. The van der Waals surface area contributed by atoms with Gasteiger partial charge in [0.25, 0.3) is 0 Å². The normalized spacial score (nSPS) is 11.0. The van der Waals surface area contributed by atoms with Gasteiger partial charge in [0.1, 0.15) is 11.4 Å². The van der Waals surface area contributed by atoms with Gasteiger partial charge < -0.3 is 14.6 Å². The third kappa shape index (κ3) is 3.80. The van der Waals surface area contributed by atoms with E-state index in [4.69, 9.17) is 0 Å². The molecule has 146 valence electrons. The van der Waals surface area contributed by atoms with Crippen LogP contribution in [0.3, 0.4) is 0 Å². The first-order valence-corrected chi connectivity index (χ1v) is 9.74. The van der Waals surface area contributed by atoms with Crippen molar-refractivity contribution in [3.8, 4) is 0 Å². The van der Waals surface area contributed by atoms with E-state index >= 15 is 0 Å². The number of carbonyl (C=O) groups is 1. The zero-order valence-electron chi connectivity index (χ0n) is 15.6. The summed E-state index contributed by atoms with van der Waals surface area (Å²) < 4.78 is 17.3. The molecule has 0 aliphatic carbocycles. The predicted molar refractivity (Wildman–Crippen MR) is 112 cm³/mol. The smallest absolute Gasteiger partial charge is 0.341 e. The Morgan fingerprint density at radius 1 is 1.21 bits per heavy atom. The van der Waals surface area contributed by atoms with Crippen molar-refractivity contribution in [3.63, 3.8) is 0 Å². The molecule has 28 heavy (non-hydrogen) atoms. The van der Waals surface area contributed by atoms with Crippen molar-refractivity contribution < 1.29 is 14.3 Å². The fourth-order valence-corrected chi connectivity index (χ4v) is 3.77. The second kappa shape index (κ2) is 8.14. The van der Waals surface area contributed by atoms with E-state index in [-0.39, 0.29) is 10.9 Å². The maximum atomic E-state index is 14.7. The summed E-state index contributed by atoms with van der Waals surface area (Å²) in [6.07, 6.45) is 1.33. The van der Waals surface area contributed by atoms with Gasteiger partial charge in [-0.1, -0.05) is 28.1 Å². The summed E-state index contributed by atoms with van der Waals surface area (Å²) in [5.74, 6) is -1.87. The average Bonchev–Trinajstić information content (AvgIpc) is 2.65. The maximum Gasteiger partial charge on any atom is 0.341 e. The summed E-state index contributed by atoms with van der Waals surface area (Å²) in [6.45, 7) is 5.42. The van der Waals surface area contributed by atoms with Crippen LogP contribution >= 0.6 is 15.9 Å². The SMILES string of the molecule is CCN(CC)c1cc2c(cc1F)c(=O)c(C(=O)O)cn2Cc1cccc(Br)c1. The zero-order valence-corrected chi connectivity index (χ0v) is 17.2. The lowest BCUT2D eigenvalue weighted by atomic mass is 10.1. The van der Waals surface area contributed by atoms with Crippen LogP contribution in [0.5, 0.6) is 0 Å². The number of carboxylic acids is 1. The summed E-state index contributed by atoms with van der Waals surface area (Å²) in [7, 11) is 0. The van der Waals surface area contributed by atoms with E-state index in [9.17, 15) is 19.1 Å². The van der Waals surface area contributed by atoms with Gasteiger partial charge in [-0.2, -0.15) is 0 Å². The minimum Gasteiger partial charge on any atom is -0.477 e. The standard InChI is InChI=1S/C21H20BrFN2O3/c1-3-24(4-2)19-10-18-15(9-17(19)23)20(26)16(21(27)28)12-25(18)11-13-6-5-7-14(22)8-13/h5-10,12H,3-4,11H2,1-2H3,(H,27,28). The molecule has 1 N–H and O–H groups in total. The van der Waals surface area contributed by atoms with Crippen LogP contribution in [0.4, 0.5) is 10.1 Å². The molecule has 0 bridgehead atoms. The lowest BCUT2D eigenvalue weighted by molar-refractivity contribution is 0.0695. The van der Waals surface area contributed by atoms with E-state index in [1.54, 1.807) is 10.6 Å². The molecular formula is C21H20BrFN2O3. The number of pyridine rings is 1. The van der Waals surface area contributed by atoms with Gasteiger partial charge in [0.05, 0.1) is 11.2 Å². The lowest BCUT2D eigenvalue weighted by Gasteiger charge is -2.23. The molecule has 0 spiro atoms. The van der Waals surface area contributed by atoms with Gasteiger partial charge >= 0.3 is 5.97 Å². The Bertz CT molecular complexity index is 1110. The Morgan fingerprint density at radius 3 is 2.54 bits per heavy atom. The van der Waals surface area contributed by atoms with Crippen molar-refractivity contribution in [2.75, 3.05) is 18.0 Å². The van der Waals surface area contributed by atoms with E-state index in [1.807, 2.05) is 43.0 Å². The van der Waals surface area contributed by atoms with Crippen molar-refractivity contribution >= 4 is 38.5 Å². The molecule has 0 amide bonds. The first kappa shape index (κ1) is 20.1. The summed E-state index contributed by atoms with van der Waals surface area (Å²) >= 11 is 3.42. The van der Waals surface area contributed by atoms with Gasteiger partial charge in [0, 0.05) is 35.7 Å². The van der Waals surface area contributed by atoms with Gasteiger partial charge in [0.15, 0.2) is 0 Å². The molecule has 0 radical (unpaired) electrons. The first-order valence-electron chi connectivity index (χ1n) is 8.95. The van der Waals surface area contributed by atoms with Crippen molar-refractivity contribution in [1.82, 2.24) is 4.57 Å². The minimum atomic E-state index is -1.33. The Labute approximate surface area is 170 Å². The molecule has 0 saturated heterocycles. The number of halogens is 2. The van der Waals surface area contributed by atoms with Crippen molar-refractivity contribution in [2.45, 2.75) is 20.4 Å². The largest absolute Gasteiger partial charge is 0.477 e. The molecule has 0 aliphatic heterocycles. The van der Waals surface area contributed by atoms with Crippen LogP contribution in [0.25, 0.3) is 10.9 Å². The molecule has 0 atom stereocenters. The number of nitrogens with zero attached hydrogens (tertiary/aromatic N) is 2. The average molecular weight is 447 g/mol.